The Balaban J connectivity index is 1.64. The van der Waals surface area contributed by atoms with Gasteiger partial charge in [-0.25, -0.2) is 4.98 Å². The summed E-state index contributed by atoms with van der Waals surface area (Å²) >= 11 is 7.60. The zero-order chi connectivity index (χ0) is 18.7. The van der Waals surface area contributed by atoms with Crippen LogP contribution in [-0.4, -0.2) is 20.6 Å². The summed E-state index contributed by atoms with van der Waals surface area (Å²) in [6.07, 6.45) is 1.45. The fraction of sp³-hybridized carbons (Fsp3) is 0.167. The second-order valence-electron chi connectivity index (χ2n) is 5.70. The predicted octanol–water partition coefficient (Wildman–Crippen LogP) is 2.73. The molecule has 2 N–H and O–H groups in total. The van der Waals surface area contributed by atoms with Crippen LogP contribution >= 0.6 is 22.9 Å². The number of rotatable bonds is 5. The van der Waals surface area contributed by atoms with Gasteiger partial charge in [-0.15, -0.1) is 11.3 Å². The zero-order valence-electron chi connectivity index (χ0n) is 13.9. The SMILES string of the molecule is Cn1cc(O)c(=O)cc1CNC(=O)Cc1csc(-c2ccccc2Cl)n1. The van der Waals surface area contributed by atoms with Crippen LogP contribution in [0, 0.1) is 0 Å². The molecule has 0 aliphatic carbocycles. The van der Waals surface area contributed by atoms with Gasteiger partial charge in [0, 0.05) is 35.9 Å². The van der Waals surface area contributed by atoms with Crippen molar-refractivity contribution in [1.29, 1.82) is 0 Å². The molecule has 0 radical (unpaired) electrons. The highest BCUT2D eigenvalue weighted by molar-refractivity contribution is 7.13. The number of nitrogens with one attached hydrogen (secondary N) is 1. The molecule has 6 nitrogen and oxygen atoms in total. The van der Waals surface area contributed by atoms with Crippen LogP contribution in [-0.2, 0) is 24.8 Å². The summed E-state index contributed by atoms with van der Waals surface area (Å²) in [5, 5.41) is 15.3. The van der Waals surface area contributed by atoms with Gasteiger partial charge < -0.3 is 15.0 Å². The second-order valence-corrected chi connectivity index (χ2v) is 6.97. The highest BCUT2D eigenvalue weighted by Crippen LogP contribution is 2.30. The number of amides is 1. The van der Waals surface area contributed by atoms with Crippen LogP contribution in [0.3, 0.4) is 0 Å². The normalized spacial score (nSPS) is 10.7. The summed E-state index contributed by atoms with van der Waals surface area (Å²) in [6, 6.07) is 8.72. The molecule has 2 aromatic heterocycles. The number of halogens is 1. The lowest BCUT2D eigenvalue weighted by Gasteiger charge is -2.09. The first-order valence-corrected chi connectivity index (χ1v) is 9.04. The van der Waals surface area contributed by atoms with Crippen LogP contribution in [0.1, 0.15) is 11.4 Å². The molecule has 3 aromatic rings. The minimum atomic E-state index is -0.476. The molecular formula is C18H16ClN3O3S. The van der Waals surface area contributed by atoms with Crippen molar-refractivity contribution >= 4 is 28.8 Å². The lowest BCUT2D eigenvalue weighted by molar-refractivity contribution is -0.120. The van der Waals surface area contributed by atoms with Gasteiger partial charge in [0.2, 0.25) is 11.3 Å². The first-order valence-electron chi connectivity index (χ1n) is 7.78. The molecule has 0 atom stereocenters. The van der Waals surface area contributed by atoms with Crippen molar-refractivity contribution in [3.05, 3.63) is 68.5 Å². The van der Waals surface area contributed by atoms with Gasteiger partial charge >= 0.3 is 0 Å². The first-order chi connectivity index (χ1) is 12.4. The average Bonchev–Trinajstić information content (AvgIpc) is 3.05. The smallest absolute Gasteiger partial charge is 0.226 e. The van der Waals surface area contributed by atoms with Crippen molar-refractivity contribution in [2.45, 2.75) is 13.0 Å². The third kappa shape index (κ3) is 4.12. The molecule has 0 saturated carbocycles. The van der Waals surface area contributed by atoms with Gasteiger partial charge in [0.15, 0.2) is 5.75 Å². The summed E-state index contributed by atoms with van der Waals surface area (Å²) in [4.78, 5) is 28.1. The molecule has 8 heteroatoms. The maximum Gasteiger partial charge on any atom is 0.226 e. The van der Waals surface area contributed by atoms with E-state index in [1.807, 2.05) is 23.6 Å². The van der Waals surface area contributed by atoms with E-state index in [-0.39, 0.29) is 24.6 Å². The number of benzene rings is 1. The predicted molar refractivity (Wildman–Crippen MR) is 101 cm³/mol. The zero-order valence-corrected chi connectivity index (χ0v) is 15.5. The van der Waals surface area contributed by atoms with Crippen molar-refractivity contribution < 1.29 is 9.90 Å². The summed E-state index contributed by atoms with van der Waals surface area (Å²) in [5.74, 6) is -0.529. The number of hydrogen-bond acceptors (Lipinski definition) is 5. The Morgan fingerprint density at radius 3 is 2.92 bits per heavy atom. The quantitative estimate of drug-likeness (QED) is 0.702. The third-order valence-corrected chi connectivity index (χ3v) is 5.04. The minimum Gasteiger partial charge on any atom is -0.503 e. The number of aromatic hydroxyl groups is 1. The fourth-order valence-corrected chi connectivity index (χ4v) is 3.54. The molecule has 0 aliphatic rings. The molecule has 26 heavy (non-hydrogen) atoms. The van der Waals surface area contributed by atoms with Crippen LogP contribution in [0.5, 0.6) is 5.75 Å². The van der Waals surface area contributed by atoms with Crippen LogP contribution in [0.2, 0.25) is 5.02 Å². The van der Waals surface area contributed by atoms with E-state index in [1.54, 1.807) is 17.7 Å². The Morgan fingerprint density at radius 2 is 2.15 bits per heavy atom. The Morgan fingerprint density at radius 1 is 1.38 bits per heavy atom. The largest absolute Gasteiger partial charge is 0.503 e. The Labute approximate surface area is 158 Å². The van der Waals surface area contributed by atoms with Gasteiger partial charge in [0.25, 0.3) is 0 Å². The first kappa shape index (κ1) is 18.2. The third-order valence-electron chi connectivity index (χ3n) is 3.78. The lowest BCUT2D eigenvalue weighted by atomic mass is 10.2. The Hall–Kier alpha value is -2.64. The molecule has 1 amide bonds. The molecule has 0 aliphatic heterocycles. The van der Waals surface area contributed by atoms with E-state index in [2.05, 4.69) is 10.3 Å². The van der Waals surface area contributed by atoms with Gasteiger partial charge in [0.05, 0.1) is 23.7 Å². The number of pyridine rings is 1. The molecule has 1 aromatic carbocycles. The van der Waals surface area contributed by atoms with E-state index in [0.29, 0.717) is 16.4 Å². The topological polar surface area (TPSA) is 84.2 Å². The summed E-state index contributed by atoms with van der Waals surface area (Å²) < 4.78 is 1.59. The highest BCUT2D eigenvalue weighted by Gasteiger charge is 2.11. The average molecular weight is 390 g/mol. The van der Waals surface area contributed by atoms with Crippen molar-refractivity contribution in [2.24, 2.45) is 7.05 Å². The monoisotopic (exact) mass is 389 g/mol. The molecule has 134 valence electrons. The number of aryl methyl sites for hydroxylation is 1. The minimum absolute atomic E-state index is 0.132. The van der Waals surface area contributed by atoms with Crippen molar-refractivity contribution in [3.8, 4) is 16.3 Å². The van der Waals surface area contributed by atoms with E-state index in [9.17, 15) is 14.7 Å². The molecule has 0 saturated heterocycles. The molecule has 2 heterocycles. The van der Waals surface area contributed by atoms with Crippen LogP contribution in [0.4, 0.5) is 0 Å². The maximum atomic E-state index is 12.2. The highest BCUT2D eigenvalue weighted by atomic mass is 35.5. The van der Waals surface area contributed by atoms with Crippen molar-refractivity contribution in [1.82, 2.24) is 14.9 Å². The number of aromatic nitrogens is 2. The summed E-state index contributed by atoms with van der Waals surface area (Å²) in [7, 11) is 1.69. The van der Waals surface area contributed by atoms with Crippen LogP contribution < -0.4 is 10.7 Å². The summed E-state index contributed by atoms with van der Waals surface area (Å²) in [5.41, 5.74) is 1.61. The van der Waals surface area contributed by atoms with E-state index < -0.39 is 5.43 Å². The Kier molecular flexibility index (Phi) is 5.39. The molecule has 0 bridgehead atoms. The number of hydrogen-bond donors (Lipinski definition) is 2. The Bertz CT molecular complexity index is 1010. The number of carbonyl (C=O) groups is 1. The van der Waals surface area contributed by atoms with Crippen LogP contribution in [0.15, 0.2) is 46.7 Å². The van der Waals surface area contributed by atoms with E-state index >= 15 is 0 Å². The van der Waals surface area contributed by atoms with E-state index in [0.717, 1.165) is 10.6 Å². The fourth-order valence-electron chi connectivity index (χ4n) is 2.40. The van der Waals surface area contributed by atoms with Gasteiger partial charge in [-0.3, -0.25) is 9.59 Å². The molecule has 0 unspecified atom stereocenters. The van der Waals surface area contributed by atoms with Gasteiger partial charge in [-0.05, 0) is 6.07 Å². The summed E-state index contributed by atoms with van der Waals surface area (Å²) in [6.45, 7) is 0.187. The molecule has 0 spiro atoms. The van der Waals surface area contributed by atoms with Crippen molar-refractivity contribution in [3.63, 3.8) is 0 Å². The standard InChI is InChI=1S/C18H16ClN3O3S/c1-22-9-16(24)15(23)7-12(22)8-20-17(25)6-11-10-26-18(21-11)13-4-2-3-5-14(13)19/h2-5,7,9-10,24H,6,8H2,1H3,(H,20,25). The maximum absolute atomic E-state index is 12.2. The number of carbonyl (C=O) groups excluding carboxylic acids is 1. The number of thiazole rings is 1. The van der Waals surface area contributed by atoms with Crippen molar-refractivity contribution in [2.75, 3.05) is 0 Å². The van der Waals surface area contributed by atoms with E-state index in [1.165, 1.54) is 23.6 Å². The van der Waals surface area contributed by atoms with Gasteiger partial charge in [-0.2, -0.15) is 0 Å². The lowest BCUT2D eigenvalue weighted by Crippen LogP contribution is -2.27. The molecule has 3 rings (SSSR count). The van der Waals surface area contributed by atoms with Crippen LogP contribution in [0.25, 0.3) is 10.6 Å². The second kappa shape index (κ2) is 7.72. The van der Waals surface area contributed by atoms with E-state index in [4.69, 9.17) is 11.6 Å². The van der Waals surface area contributed by atoms with Gasteiger partial charge in [0.1, 0.15) is 5.01 Å². The molecular weight excluding hydrogens is 374 g/mol. The number of nitrogens with zero attached hydrogens (tertiary/aromatic N) is 2. The van der Waals surface area contributed by atoms with Gasteiger partial charge in [-0.1, -0.05) is 29.8 Å². The molecule has 0 fully saturated rings.